The lowest BCUT2D eigenvalue weighted by Gasteiger charge is -2.36. The highest BCUT2D eigenvalue weighted by Crippen LogP contribution is 2.23. The largest absolute Gasteiger partial charge is 0.497 e. The van der Waals surface area contributed by atoms with Crippen molar-refractivity contribution in [2.24, 2.45) is 0 Å². The fourth-order valence-corrected chi connectivity index (χ4v) is 4.61. The second kappa shape index (κ2) is 12.3. The minimum absolute atomic E-state index is 0.0637. The highest BCUT2D eigenvalue weighted by Gasteiger charge is 2.27. The Morgan fingerprint density at radius 2 is 1.62 bits per heavy atom. The number of carbonyl (C=O) groups is 2. The molecule has 1 fully saturated rings. The van der Waals surface area contributed by atoms with Crippen LogP contribution in [0.5, 0.6) is 11.5 Å². The third-order valence-corrected chi connectivity index (χ3v) is 6.83. The van der Waals surface area contributed by atoms with Crippen molar-refractivity contribution in [2.75, 3.05) is 51.8 Å². The molecule has 0 radical (unpaired) electrons. The zero-order valence-electron chi connectivity index (χ0n) is 22.5. The van der Waals surface area contributed by atoms with Crippen LogP contribution in [0.4, 0.5) is 5.82 Å². The first-order chi connectivity index (χ1) is 19.5. The third-order valence-electron chi connectivity index (χ3n) is 6.83. The van der Waals surface area contributed by atoms with Crippen molar-refractivity contribution < 1.29 is 23.5 Å². The summed E-state index contributed by atoms with van der Waals surface area (Å²) in [5.74, 6) is 2.30. The van der Waals surface area contributed by atoms with Crippen LogP contribution in [-0.4, -0.2) is 78.8 Å². The number of furan rings is 1. The Balaban J connectivity index is 1.21. The van der Waals surface area contributed by atoms with Gasteiger partial charge in [-0.25, -0.2) is 0 Å². The Hall–Kier alpha value is -4.86. The smallest absolute Gasteiger partial charge is 0.254 e. The van der Waals surface area contributed by atoms with Gasteiger partial charge in [0.05, 0.1) is 32.7 Å². The van der Waals surface area contributed by atoms with E-state index >= 15 is 0 Å². The number of benzene rings is 2. The van der Waals surface area contributed by atoms with Crippen LogP contribution in [0, 0.1) is 0 Å². The van der Waals surface area contributed by atoms with E-state index in [0.29, 0.717) is 43.3 Å². The standard InChI is InChI=1S/C30H31N5O5/c1-38-24-8-3-6-22(18-24)27-11-12-28(32-31-27)33-13-15-34(16-14-33)29(36)21-35(20-26-10-5-17-40-26)30(37)23-7-4-9-25(19-23)39-2/h3-12,17-19H,13-16,20-21H2,1-2H3. The molecule has 1 saturated heterocycles. The van der Waals surface area contributed by atoms with Gasteiger partial charge in [0.1, 0.15) is 23.8 Å². The molecule has 10 nitrogen and oxygen atoms in total. The zero-order valence-corrected chi connectivity index (χ0v) is 22.5. The normalized spacial score (nSPS) is 13.2. The molecule has 2 amide bonds. The zero-order chi connectivity index (χ0) is 27.9. The molecular weight excluding hydrogens is 510 g/mol. The Morgan fingerprint density at radius 3 is 2.30 bits per heavy atom. The summed E-state index contributed by atoms with van der Waals surface area (Å²) in [4.78, 5) is 32.1. The van der Waals surface area contributed by atoms with Gasteiger partial charge in [0, 0.05) is 37.3 Å². The molecule has 0 aliphatic carbocycles. The van der Waals surface area contributed by atoms with Gasteiger partial charge in [-0.2, -0.15) is 0 Å². The maximum Gasteiger partial charge on any atom is 0.254 e. The SMILES string of the molecule is COc1cccc(C(=O)N(CC(=O)N2CCN(c3ccc(-c4cccc(OC)c4)nn3)CC2)Cc2ccco2)c1. The number of piperazine rings is 1. The lowest BCUT2D eigenvalue weighted by molar-refractivity contribution is -0.132. The molecule has 10 heteroatoms. The van der Waals surface area contributed by atoms with Gasteiger partial charge in [0.15, 0.2) is 5.82 Å². The predicted octanol–water partition coefficient (Wildman–Crippen LogP) is 3.75. The number of rotatable bonds is 9. The number of hydrogen-bond acceptors (Lipinski definition) is 8. The van der Waals surface area contributed by atoms with Crippen molar-refractivity contribution >= 4 is 17.6 Å². The van der Waals surface area contributed by atoms with Gasteiger partial charge in [0.2, 0.25) is 5.91 Å². The van der Waals surface area contributed by atoms with E-state index in [9.17, 15) is 9.59 Å². The van der Waals surface area contributed by atoms with E-state index in [1.54, 1.807) is 61.8 Å². The van der Waals surface area contributed by atoms with E-state index < -0.39 is 0 Å². The quantitative estimate of drug-likeness (QED) is 0.316. The van der Waals surface area contributed by atoms with Crippen LogP contribution < -0.4 is 14.4 Å². The minimum Gasteiger partial charge on any atom is -0.497 e. The molecule has 1 aliphatic heterocycles. The summed E-state index contributed by atoms with van der Waals surface area (Å²) in [5.41, 5.74) is 2.13. The first-order valence-electron chi connectivity index (χ1n) is 13.0. The summed E-state index contributed by atoms with van der Waals surface area (Å²) in [5, 5.41) is 8.82. The van der Waals surface area contributed by atoms with Crippen molar-refractivity contribution in [3.05, 3.63) is 90.4 Å². The van der Waals surface area contributed by atoms with E-state index in [1.165, 1.54) is 4.90 Å². The van der Waals surface area contributed by atoms with Crippen molar-refractivity contribution in [1.29, 1.82) is 0 Å². The number of aromatic nitrogens is 2. The number of amides is 2. The Labute approximate surface area is 232 Å². The van der Waals surface area contributed by atoms with Crippen molar-refractivity contribution in [3.63, 3.8) is 0 Å². The minimum atomic E-state index is -0.270. The van der Waals surface area contributed by atoms with Crippen LogP contribution >= 0.6 is 0 Å². The van der Waals surface area contributed by atoms with E-state index in [1.807, 2.05) is 36.4 Å². The summed E-state index contributed by atoms with van der Waals surface area (Å²) in [6.07, 6.45) is 1.55. The van der Waals surface area contributed by atoms with Gasteiger partial charge < -0.3 is 28.6 Å². The van der Waals surface area contributed by atoms with Gasteiger partial charge >= 0.3 is 0 Å². The fourth-order valence-electron chi connectivity index (χ4n) is 4.61. The first-order valence-corrected chi connectivity index (χ1v) is 13.0. The highest BCUT2D eigenvalue weighted by molar-refractivity contribution is 5.96. The van der Waals surface area contributed by atoms with Crippen LogP contribution in [-0.2, 0) is 11.3 Å². The number of hydrogen-bond donors (Lipinski definition) is 0. The third kappa shape index (κ3) is 6.23. The van der Waals surface area contributed by atoms with Gasteiger partial charge in [-0.3, -0.25) is 9.59 Å². The van der Waals surface area contributed by atoms with Gasteiger partial charge in [0.25, 0.3) is 5.91 Å². The second-order valence-corrected chi connectivity index (χ2v) is 9.35. The summed E-state index contributed by atoms with van der Waals surface area (Å²) in [6, 6.07) is 22.0. The molecule has 40 heavy (non-hydrogen) atoms. The molecule has 0 spiro atoms. The fraction of sp³-hybridized carbons (Fsp3) is 0.267. The van der Waals surface area contributed by atoms with Crippen molar-refractivity contribution in [3.8, 4) is 22.8 Å². The molecule has 0 bridgehead atoms. The monoisotopic (exact) mass is 541 g/mol. The molecule has 2 aromatic carbocycles. The van der Waals surface area contributed by atoms with Crippen LogP contribution in [0.2, 0.25) is 0 Å². The molecule has 2 aromatic heterocycles. The van der Waals surface area contributed by atoms with E-state index in [4.69, 9.17) is 13.9 Å². The van der Waals surface area contributed by atoms with Crippen LogP contribution in [0.25, 0.3) is 11.3 Å². The van der Waals surface area contributed by atoms with E-state index in [0.717, 1.165) is 22.8 Å². The summed E-state index contributed by atoms with van der Waals surface area (Å²) in [7, 11) is 3.18. The molecule has 0 atom stereocenters. The molecule has 1 aliphatic rings. The summed E-state index contributed by atoms with van der Waals surface area (Å²) >= 11 is 0. The molecule has 5 rings (SSSR count). The van der Waals surface area contributed by atoms with Crippen molar-refractivity contribution in [1.82, 2.24) is 20.0 Å². The molecule has 0 saturated carbocycles. The van der Waals surface area contributed by atoms with E-state index in [2.05, 4.69) is 15.1 Å². The second-order valence-electron chi connectivity index (χ2n) is 9.35. The van der Waals surface area contributed by atoms with Crippen LogP contribution in [0.3, 0.4) is 0 Å². The maximum absolute atomic E-state index is 13.4. The van der Waals surface area contributed by atoms with Crippen LogP contribution in [0.15, 0.2) is 83.5 Å². The van der Waals surface area contributed by atoms with E-state index in [-0.39, 0.29) is 24.9 Å². The lowest BCUT2D eigenvalue weighted by atomic mass is 10.1. The topological polar surface area (TPSA) is 101 Å². The number of nitrogens with zero attached hydrogens (tertiary/aromatic N) is 5. The average Bonchev–Trinajstić information content (AvgIpc) is 3.54. The van der Waals surface area contributed by atoms with Crippen molar-refractivity contribution in [2.45, 2.75) is 6.54 Å². The molecular formula is C30H31N5O5. The maximum atomic E-state index is 13.4. The predicted molar refractivity (Wildman–Crippen MR) is 149 cm³/mol. The first kappa shape index (κ1) is 26.7. The number of methoxy groups -OCH3 is 2. The number of carbonyl (C=O) groups excluding carboxylic acids is 2. The Bertz CT molecular complexity index is 1430. The molecule has 3 heterocycles. The van der Waals surface area contributed by atoms with Gasteiger partial charge in [-0.15, -0.1) is 10.2 Å². The highest BCUT2D eigenvalue weighted by atomic mass is 16.5. The molecule has 4 aromatic rings. The lowest BCUT2D eigenvalue weighted by Crippen LogP contribution is -2.52. The van der Waals surface area contributed by atoms with Gasteiger partial charge in [-0.05, 0) is 54.6 Å². The molecule has 0 unspecified atom stereocenters. The Kier molecular flexibility index (Phi) is 8.24. The summed E-state index contributed by atoms with van der Waals surface area (Å²) < 4.78 is 16.0. The molecule has 0 N–H and O–H groups in total. The summed E-state index contributed by atoms with van der Waals surface area (Å²) in [6.45, 7) is 2.37. The van der Waals surface area contributed by atoms with Crippen LogP contribution in [0.1, 0.15) is 16.1 Å². The Morgan fingerprint density at radius 1 is 0.875 bits per heavy atom. The molecule has 206 valence electrons. The number of anilines is 1. The average molecular weight is 542 g/mol. The number of ether oxygens (including phenoxy) is 2. The van der Waals surface area contributed by atoms with Gasteiger partial charge in [-0.1, -0.05) is 18.2 Å².